The maximum atomic E-state index is 11.8. The third-order valence-corrected chi connectivity index (χ3v) is 3.66. The number of nitrogens with zero attached hydrogens (tertiary/aromatic N) is 1. The van der Waals surface area contributed by atoms with Crippen LogP contribution in [0.5, 0.6) is 17.2 Å². The summed E-state index contributed by atoms with van der Waals surface area (Å²) in [6.07, 6.45) is 4.09. The first-order chi connectivity index (χ1) is 13.5. The Balaban J connectivity index is 1.94. The molecular weight excluding hydrogens is 388 g/mol. The van der Waals surface area contributed by atoms with Crippen LogP contribution in [0, 0.1) is 0 Å². The molecule has 0 aliphatic carbocycles. The van der Waals surface area contributed by atoms with E-state index in [2.05, 4.69) is 10.3 Å². The van der Waals surface area contributed by atoms with Gasteiger partial charge in [0.05, 0.1) is 26.4 Å². The Kier molecular flexibility index (Phi) is 7.65. The zero-order valence-corrected chi connectivity index (χ0v) is 16.3. The highest BCUT2D eigenvalue weighted by molar-refractivity contribution is 6.30. The number of benzene rings is 1. The molecule has 2 aromatic rings. The van der Waals surface area contributed by atoms with Gasteiger partial charge in [-0.3, -0.25) is 4.79 Å². The van der Waals surface area contributed by atoms with Crippen molar-refractivity contribution in [1.29, 1.82) is 0 Å². The molecule has 1 heterocycles. The molecule has 2 rings (SSSR count). The quantitative estimate of drug-likeness (QED) is 0.531. The topological polar surface area (TPSA) is 96.0 Å². The number of nitrogens with one attached hydrogen (secondary N) is 1. The molecule has 0 saturated carbocycles. The normalized spacial score (nSPS) is 10.4. The Labute approximate surface area is 167 Å². The van der Waals surface area contributed by atoms with Crippen LogP contribution in [0.25, 0.3) is 6.08 Å². The number of carbonyl (C=O) groups is 2. The molecule has 0 aliphatic heterocycles. The summed E-state index contributed by atoms with van der Waals surface area (Å²) >= 11 is 5.72. The van der Waals surface area contributed by atoms with Crippen LogP contribution in [-0.4, -0.2) is 44.8 Å². The first kappa shape index (κ1) is 21.0. The molecule has 8 nitrogen and oxygen atoms in total. The zero-order chi connectivity index (χ0) is 20.5. The molecule has 0 spiro atoms. The molecule has 0 unspecified atom stereocenters. The number of amides is 1. The summed E-state index contributed by atoms with van der Waals surface area (Å²) < 4.78 is 20.6. The number of carbonyl (C=O) groups excluding carboxylic acids is 2. The molecule has 0 atom stereocenters. The minimum Gasteiger partial charge on any atom is -0.493 e. The molecule has 28 heavy (non-hydrogen) atoms. The second-order valence-electron chi connectivity index (χ2n) is 5.31. The molecule has 1 N–H and O–H groups in total. The smallest absolute Gasteiger partial charge is 0.331 e. The number of hydrogen-bond acceptors (Lipinski definition) is 7. The highest BCUT2D eigenvalue weighted by Gasteiger charge is 2.12. The molecular formula is C19H19ClN2O6. The molecule has 1 aromatic heterocycles. The Morgan fingerprint density at radius 1 is 1.11 bits per heavy atom. The minimum absolute atomic E-state index is 0.304. The van der Waals surface area contributed by atoms with Crippen LogP contribution >= 0.6 is 11.6 Å². The molecule has 148 valence electrons. The average Bonchev–Trinajstić information content (AvgIpc) is 2.71. The third kappa shape index (κ3) is 5.88. The number of pyridine rings is 1. The summed E-state index contributed by atoms with van der Waals surface area (Å²) in [5.41, 5.74) is 0.626. The Morgan fingerprint density at radius 3 is 2.32 bits per heavy atom. The fourth-order valence-electron chi connectivity index (χ4n) is 2.18. The highest BCUT2D eigenvalue weighted by Crippen LogP contribution is 2.38. The van der Waals surface area contributed by atoms with Gasteiger partial charge < -0.3 is 24.3 Å². The van der Waals surface area contributed by atoms with E-state index in [0.29, 0.717) is 33.7 Å². The third-order valence-electron chi connectivity index (χ3n) is 3.44. The maximum absolute atomic E-state index is 11.8. The van der Waals surface area contributed by atoms with Gasteiger partial charge in [0.2, 0.25) is 5.75 Å². The minimum atomic E-state index is -0.687. The number of anilines is 1. The van der Waals surface area contributed by atoms with E-state index in [4.69, 9.17) is 30.5 Å². The van der Waals surface area contributed by atoms with Gasteiger partial charge in [-0.1, -0.05) is 11.6 Å². The van der Waals surface area contributed by atoms with Crippen molar-refractivity contribution in [2.75, 3.05) is 33.3 Å². The lowest BCUT2D eigenvalue weighted by molar-refractivity contribution is -0.142. The van der Waals surface area contributed by atoms with Crippen LogP contribution < -0.4 is 19.5 Å². The molecule has 0 aliphatic rings. The number of halogens is 1. The molecule has 0 bridgehead atoms. The predicted octanol–water partition coefficient (Wildman–Crippen LogP) is 2.96. The Hall–Kier alpha value is -3.26. The van der Waals surface area contributed by atoms with Crippen molar-refractivity contribution >= 4 is 35.4 Å². The number of ether oxygens (including phenoxy) is 4. The second-order valence-corrected chi connectivity index (χ2v) is 5.75. The van der Waals surface area contributed by atoms with Crippen LogP contribution in [0.2, 0.25) is 5.02 Å². The summed E-state index contributed by atoms with van der Waals surface area (Å²) in [7, 11) is 4.48. The van der Waals surface area contributed by atoms with Gasteiger partial charge in [-0.25, -0.2) is 9.78 Å². The van der Waals surface area contributed by atoms with E-state index >= 15 is 0 Å². The maximum Gasteiger partial charge on any atom is 0.331 e. The van der Waals surface area contributed by atoms with Gasteiger partial charge in [-0.2, -0.15) is 0 Å². The molecule has 1 amide bonds. The summed E-state index contributed by atoms with van der Waals surface area (Å²) in [6.45, 7) is -0.456. The largest absolute Gasteiger partial charge is 0.493 e. The van der Waals surface area contributed by atoms with Gasteiger partial charge in [0.25, 0.3) is 5.91 Å². The Bertz CT molecular complexity index is 842. The van der Waals surface area contributed by atoms with Gasteiger partial charge in [0.1, 0.15) is 5.82 Å². The fourth-order valence-corrected chi connectivity index (χ4v) is 2.29. The van der Waals surface area contributed by atoms with Gasteiger partial charge >= 0.3 is 5.97 Å². The highest BCUT2D eigenvalue weighted by atomic mass is 35.5. The van der Waals surface area contributed by atoms with Crippen LogP contribution in [0.15, 0.2) is 36.5 Å². The molecule has 9 heteroatoms. The first-order valence-corrected chi connectivity index (χ1v) is 8.41. The van der Waals surface area contributed by atoms with Crippen molar-refractivity contribution in [3.8, 4) is 17.2 Å². The van der Waals surface area contributed by atoms with E-state index in [9.17, 15) is 9.59 Å². The van der Waals surface area contributed by atoms with E-state index in [0.717, 1.165) is 0 Å². The molecule has 0 saturated heterocycles. The van der Waals surface area contributed by atoms with Crippen molar-refractivity contribution in [3.63, 3.8) is 0 Å². The summed E-state index contributed by atoms with van der Waals surface area (Å²) in [4.78, 5) is 27.5. The van der Waals surface area contributed by atoms with E-state index in [1.165, 1.54) is 45.7 Å². The number of rotatable bonds is 8. The molecule has 1 aromatic carbocycles. The summed E-state index contributed by atoms with van der Waals surface area (Å²) in [6, 6.07) is 6.46. The van der Waals surface area contributed by atoms with E-state index in [-0.39, 0.29) is 0 Å². The average molecular weight is 407 g/mol. The van der Waals surface area contributed by atoms with Crippen molar-refractivity contribution in [3.05, 3.63) is 47.1 Å². The van der Waals surface area contributed by atoms with Gasteiger partial charge in [0.15, 0.2) is 18.1 Å². The zero-order valence-electron chi connectivity index (χ0n) is 15.5. The van der Waals surface area contributed by atoms with Crippen LogP contribution in [0.3, 0.4) is 0 Å². The number of esters is 1. The fraction of sp³-hybridized carbons (Fsp3) is 0.211. The number of methoxy groups -OCH3 is 3. The standard InChI is InChI=1S/C19H19ClN2O6/c1-25-14-8-12(9-15(26-2)19(14)27-3)4-7-18(24)28-11-17(23)22-16-6-5-13(20)10-21-16/h4-10H,11H2,1-3H3,(H,21,22,23)/b7-4+. The van der Waals surface area contributed by atoms with Crippen molar-refractivity contribution in [2.45, 2.75) is 0 Å². The van der Waals surface area contributed by atoms with Crippen molar-refractivity contribution in [2.24, 2.45) is 0 Å². The first-order valence-electron chi connectivity index (χ1n) is 8.03. The van der Waals surface area contributed by atoms with Gasteiger partial charge in [-0.05, 0) is 35.9 Å². The van der Waals surface area contributed by atoms with Gasteiger partial charge in [-0.15, -0.1) is 0 Å². The number of hydrogen-bond donors (Lipinski definition) is 1. The van der Waals surface area contributed by atoms with Crippen LogP contribution in [0.4, 0.5) is 5.82 Å². The van der Waals surface area contributed by atoms with Crippen molar-refractivity contribution in [1.82, 2.24) is 4.98 Å². The molecule has 0 radical (unpaired) electrons. The summed E-state index contributed by atoms with van der Waals surface area (Å²) in [5.74, 6) is 0.433. The SMILES string of the molecule is COc1cc(/C=C/C(=O)OCC(=O)Nc2ccc(Cl)cn2)cc(OC)c1OC. The van der Waals surface area contributed by atoms with E-state index < -0.39 is 18.5 Å². The molecule has 0 fully saturated rings. The van der Waals surface area contributed by atoms with E-state index in [1.54, 1.807) is 18.2 Å². The summed E-state index contributed by atoms with van der Waals surface area (Å²) in [5, 5.41) is 2.93. The van der Waals surface area contributed by atoms with Crippen LogP contribution in [-0.2, 0) is 14.3 Å². The van der Waals surface area contributed by atoms with Gasteiger partial charge in [0, 0.05) is 12.3 Å². The lowest BCUT2D eigenvalue weighted by Crippen LogP contribution is -2.20. The number of aromatic nitrogens is 1. The Morgan fingerprint density at radius 2 is 1.79 bits per heavy atom. The second kappa shape index (κ2) is 10.2. The lowest BCUT2D eigenvalue weighted by atomic mass is 10.1. The predicted molar refractivity (Wildman–Crippen MR) is 104 cm³/mol. The lowest BCUT2D eigenvalue weighted by Gasteiger charge is -2.12. The van der Waals surface area contributed by atoms with E-state index in [1.807, 2.05) is 0 Å². The van der Waals surface area contributed by atoms with Crippen molar-refractivity contribution < 1.29 is 28.5 Å². The monoisotopic (exact) mass is 406 g/mol. The van der Waals surface area contributed by atoms with Crippen LogP contribution in [0.1, 0.15) is 5.56 Å².